The molecule has 6 aliphatic rings. The second kappa shape index (κ2) is 9.53. The van der Waals surface area contributed by atoms with Crippen molar-refractivity contribution in [3.8, 4) is 0 Å². The van der Waals surface area contributed by atoms with E-state index >= 15 is 0 Å². The molecule has 6 aromatic rings. The first-order valence-corrected chi connectivity index (χ1v) is 20.3. The summed E-state index contributed by atoms with van der Waals surface area (Å²) in [6.07, 6.45) is 8.23. The zero-order chi connectivity index (χ0) is 34.1. The number of benzene rings is 5. The van der Waals surface area contributed by atoms with E-state index in [0.29, 0.717) is 5.41 Å². The zero-order valence-corrected chi connectivity index (χ0v) is 30.9. The van der Waals surface area contributed by atoms with E-state index in [1.54, 1.807) is 11.1 Å². The van der Waals surface area contributed by atoms with Gasteiger partial charge >= 0.3 is 0 Å². The third kappa shape index (κ3) is 3.53. The first-order chi connectivity index (χ1) is 24.7. The van der Waals surface area contributed by atoms with Crippen LogP contribution < -0.4 is 4.90 Å². The van der Waals surface area contributed by atoms with Gasteiger partial charge in [-0.15, -0.1) is 0 Å². The van der Waals surface area contributed by atoms with Gasteiger partial charge in [-0.1, -0.05) is 81.9 Å². The predicted octanol–water partition coefficient (Wildman–Crippen LogP) is 13.2. The molecule has 2 spiro atoms. The summed E-state index contributed by atoms with van der Waals surface area (Å²) in [5.41, 5.74) is 12.8. The molecule has 0 N–H and O–H groups in total. The molecule has 1 aromatic heterocycles. The lowest BCUT2D eigenvalue weighted by Gasteiger charge is -2.78. The molecule has 3 heteroatoms. The van der Waals surface area contributed by atoms with Crippen LogP contribution in [0.5, 0.6) is 0 Å². The van der Waals surface area contributed by atoms with Gasteiger partial charge in [0.15, 0.2) is 0 Å². The molecule has 0 saturated heterocycles. The molecule has 5 aliphatic carbocycles. The van der Waals surface area contributed by atoms with E-state index in [0.717, 1.165) is 40.5 Å². The normalized spacial score (nSPS) is 31.1. The van der Waals surface area contributed by atoms with Crippen LogP contribution in [0.2, 0.25) is 0 Å². The maximum absolute atomic E-state index is 6.52. The molecule has 2 nitrogen and oxygen atoms in total. The smallest absolute Gasteiger partial charge is 0.137 e. The Morgan fingerprint density at radius 3 is 2.12 bits per heavy atom. The van der Waals surface area contributed by atoms with Crippen molar-refractivity contribution in [2.45, 2.75) is 92.3 Å². The van der Waals surface area contributed by atoms with Crippen molar-refractivity contribution in [3.05, 3.63) is 125 Å². The van der Waals surface area contributed by atoms with Crippen molar-refractivity contribution in [1.82, 2.24) is 0 Å². The quantitative estimate of drug-likeness (QED) is 0.185. The monoisotopic (exact) mass is 683 g/mol. The second-order valence-corrected chi connectivity index (χ2v) is 19.5. The average molecular weight is 684 g/mol. The highest BCUT2D eigenvalue weighted by Crippen LogP contribution is 2.89. The number of furan rings is 1. The lowest BCUT2D eigenvalue weighted by atomic mass is 9.26. The molecule has 4 saturated carbocycles. The minimum Gasteiger partial charge on any atom is -0.456 e. The van der Waals surface area contributed by atoms with Gasteiger partial charge in [0.1, 0.15) is 11.2 Å². The summed E-state index contributed by atoms with van der Waals surface area (Å²) in [7, 11) is 0. The lowest BCUT2D eigenvalue weighted by Crippen LogP contribution is -2.74. The molecule has 1 aliphatic heterocycles. The van der Waals surface area contributed by atoms with Crippen LogP contribution in [0.1, 0.15) is 88.5 Å². The zero-order valence-electron chi connectivity index (χ0n) is 30.1. The summed E-state index contributed by atoms with van der Waals surface area (Å²) < 4.78 is 6.52. The van der Waals surface area contributed by atoms with Crippen LogP contribution in [0.25, 0.3) is 21.9 Å². The van der Waals surface area contributed by atoms with Gasteiger partial charge < -0.3 is 9.32 Å². The maximum Gasteiger partial charge on any atom is 0.137 e. The number of rotatable bonds is 3. The fourth-order valence-electron chi connectivity index (χ4n) is 13.2. The van der Waals surface area contributed by atoms with Gasteiger partial charge in [-0.3, -0.25) is 0 Å². The Bertz CT molecular complexity index is 2490. The topological polar surface area (TPSA) is 16.4 Å². The molecule has 6 unspecified atom stereocenters. The SMILES string of the molecule is CC1(C)CCC(C)(C)c2cc(N(c3ccc4c(c3)C3(c5ccccc5S4)C4CC5CC6CC3C64C5)c3ccc4c(c3)oc3ccccc34)ccc21. The number of hydrogen-bond acceptors (Lipinski definition) is 3. The number of fused-ring (bicyclic) bond motifs is 11. The van der Waals surface area contributed by atoms with Crippen LogP contribution in [0.4, 0.5) is 17.1 Å². The molecule has 51 heavy (non-hydrogen) atoms. The molecule has 0 amide bonds. The van der Waals surface area contributed by atoms with Crippen molar-refractivity contribution >= 4 is 50.8 Å². The van der Waals surface area contributed by atoms with E-state index < -0.39 is 0 Å². The van der Waals surface area contributed by atoms with Crippen molar-refractivity contribution in [3.63, 3.8) is 0 Å². The van der Waals surface area contributed by atoms with Gasteiger partial charge in [-0.25, -0.2) is 0 Å². The Morgan fingerprint density at radius 2 is 1.25 bits per heavy atom. The third-order valence-electron chi connectivity index (χ3n) is 15.4. The summed E-state index contributed by atoms with van der Waals surface area (Å²) in [4.78, 5) is 5.51. The minimum absolute atomic E-state index is 0.123. The standard InChI is InChI=1S/C48H45NOS/c1-45(2)19-20-46(3,4)37-24-30(14-17-35(37)45)49(32-13-16-34-33-9-5-7-11-39(33)50-40(34)26-32)31-15-18-42-38(25-31)48(36-10-6-8-12-41(36)51-42)43-22-28-21-29-23-44(48)47(29,43)27-28/h5-18,24-26,28-29,43-44H,19-23,27H2,1-4H3. The van der Waals surface area contributed by atoms with Crippen LogP contribution in [0.3, 0.4) is 0 Å². The highest BCUT2D eigenvalue weighted by atomic mass is 32.2. The predicted molar refractivity (Wildman–Crippen MR) is 210 cm³/mol. The van der Waals surface area contributed by atoms with E-state index in [9.17, 15) is 0 Å². The minimum atomic E-state index is 0.123. The molecule has 0 radical (unpaired) electrons. The van der Waals surface area contributed by atoms with Crippen LogP contribution in [-0.4, -0.2) is 0 Å². The van der Waals surface area contributed by atoms with Gasteiger partial charge in [0.25, 0.3) is 0 Å². The largest absolute Gasteiger partial charge is 0.456 e. The van der Waals surface area contributed by atoms with Crippen LogP contribution >= 0.6 is 11.8 Å². The third-order valence-corrected chi connectivity index (χ3v) is 16.6. The van der Waals surface area contributed by atoms with E-state index in [4.69, 9.17) is 4.42 Å². The molecular weight excluding hydrogens is 639 g/mol. The summed E-state index contributed by atoms with van der Waals surface area (Å²) in [6, 6.07) is 39.7. The van der Waals surface area contributed by atoms with Crippen molar-refractivity contribution in [1.29, 1.82) is 0 Å². The number of hydrogen-bond donors (Lipinski definition) is 0. The Kier molecular flexibility index (Phi) is 5.53. The van der Waals surface area contributed by atoms with E-state index in [1.165, 1.54) is 81.6 Å². The van der Waals surface area contributed by atoms with Crippen molar-refractivity contribution < 1.29 is 4.42 Å². The van der Waals surface area contributed by atoms with E-state index in [1.807, 2.05) is 11.8 Å². The summed E-state index contributed by atoms with van der Waals surface area (Å²) in [5, 5.41) is 2.36. The highest BCUT2D eigenvalue weighted by molar-refractivity contribution is 7.99. The maximum atomic E-state index is 6.52. The lowest BCUT2D eigenvalue weighted by molar-refractivity contribution is -0.235. The summed E-state index contributed by atoms with van der Waals surface area (Å²) in [5.74, 6) is 3.46. The Morgan fingerprint density at radius 1 is 0.588 bits per heavy atom. The van der Waals surface area contributed by atoms with Crippen molar-refractivity contribution in [2.75, 3.05) is 4.90 Å². The first-order valence-electron chi connectivity index (χ1n) is 19.5. The number of anilines is 3. The molecule has 4 fully saturated rings. The fraction of sp³-hybridized carbons (Fsp3) is 0.375. The van der Waals surface area contributed by atoms with Crippen LogP contribution in [0, 0.1) is 29.1 Å². The Hall–Kier alpha value is -3.95. The molecule has 12 rings (SSSR count). The highest BCUT2D eigenvalue weighted by Gasteiger charge is 2.84. The average Bonchev–Trinajstić information content (AvgIpc) is 3.79. The van der Waals surface area contributed by atoms with Crippen LogP contribution in [-0.2, 0) is 16.2 Å². The Balaban J connectivity index is 1.08. The van der Waals surface area contributed by atoms with Crippen LogP contribution in [0.15, 0.2) is 117 Å². The molecule has 2 heterocycles. The van der Waals surface area contributed by atoms with Gasteiger partial charge in [-0.2, -0.15) is 0 Å². The van der Waals surface area contributed by atoms with Gasteiger partial charge in [0.05, 0.1) is 0 Å². The van der Waals surface area contributed by atoms with Crippen molar-refractivity contribution in [2.24, 2.45) is 29.1 Å². The van der Waals surface area contributed by atoms with Gasteiger partial charge in [-0.05, 0) is 155 Å². The van der Waals surface area contributed by atoms with E-state index in [-0.39, 0.29) is 16.2 Å². The first kappa shape index (κ1) is 29.6. The summed E-state index contributed by atoms with van der Waals surface area (Å²) >= 11 is 2.01. The molecule has 2 bridgehead atoms. The molecule has 6 atom stereocenters. The second-order valence-electron chi connectivity index (χ2n) is 18.5. The number of nitrogens with zero attached hydrogens (tertiary/aromatic N) is 1. The molecule has 5 aromatic carbocycles. The fourth-order valence-corrected chi connectivity index (χ4v) is 14.4. The van der Waals surface area contributed by atoms with Gasteiger partial charge in [0.2, 0.25) is 0 Å². The molecular formula is C48H45NOS. The van der Waals surface area contributed by atoms with E-state index in [2.05, 4.69) is 136 Å². The molecule has 254 valence electrons. The summed E-state index contributed by atoms with van der Waals surface area (Å²) in [6.45, 7) is 9.75. The Labute approximate surface area is 305 Å². The number of para-hydroxylation sites is 1. The van der Waals surface area contributed by atoms with Gasteiger partial charge in [0, 0.05) is 49.1 Å².